The lowest BCUT2D eigenvalue weighted by molar-refractivity contribution is -0.118. The fourth-order valence-electron chi connectivity index (χ4n) is 3.00. The monoisotopic (exact) mass is 376 g/mol. The molecule has 2 aromatic carbocycles. The first kappa shape index (κ1) is 18.5. The summed E-state index contributed by atoms with van der Waals surface area (Å²) in [5, 5.41) is 0. The highest BCUT2D eigenvalue weighted by molar-refractivity contribution is 7.89. The molecule has 0 aromatic heterocycles. The van der Waals surface area contributed by atoms with Crippen molar-refractivity contribution < 1.29 is 17.6 Å². The number of anilines is 1. The number of hydrogen-bond donors (Lipinski definition) is 1. The molecule has 138 valence electrons. The van der Waals surface area contributed by atoms with E-state index in [2.05, 4.69) is 4.72 Å². The van der Waals surface area contributed by atoms with Crippen LogP contribution in [0.1, 0.15) is 24.5 Å². The van der Waals surface area contributed by atoms with Crippen molar-refractivity contribution >= 4 is 21.6 Å². The highest BCUT2D eigenvalue weighted by Gasteiger charge is 2.35. The van der Waals surface area contributed by atoms with Crippen LogP contribution in [-0.2, 0) is 21.2 Å². The number of hydrogen-bond acceptors (Lipinski definition) is 3. The van der Waals surface area contributed by atoms with Crippen LogP contribution >= 0.6 is 0 Å². The molecule has 1 unspecified atom stereocenters. The summed E-state index contributed by atoms with van der Waals surface area (Å²) in [5.41, 5.74) is 2.05. The second kappa shape index (κ2) is 7.17. The summed E-state index contributed by atoms with van der Waals surface area (Å²) < 4.78 is 41.0. The molecular weight excluding hydrogens is 355 g/mol. The Kier molecular flexibility index (Phi) is 5.11. The van der Waals surface area contributed by atoms with Gasteiger partial charge in [0.25, 0.3) is 0 Å². The second-order valence-corrected chi connectivity index (χ2v) is 8.10. The van der Waals surface area contributed by atoms with Crippen LogP contribution in [0.2, 0.25) is 0 Å². The van der Waals surface area contributed by atoms with Crippen LogP contribution in [0.3, 0.4) is 0 Å². The number of halogens is 1. The molecule has 1 amide bonds. The molecule has 1 atom stereocenters. The standard InChI is InChI=1S/C19H21FN2O3S/c1-3-14-4-7-16(8-5-14)26(24,25)21-18-10-11-22(19(18)23)15-6-9-17(20)13(2)12-15/h4-9,12,18,21H,3,10-11H2,1-2H3. The number of carbonyl (C=O) groups is 1. The molecule has 1 heterocycles. The SMILES string of the molecule is CCc1ccc(S(=O)(=O)NC2CCN(c3ccc(F)c(C)c3)C2=O)cc1. The number of aryl methyl sites for hydroxylation is 2. The first-order chi connectivity index (χ1) is 12.3. The van der Waals surface area contributed by atoms with Crippen LogP contribution in [0.25, 0.3) is 0 Å². The van der Waals surface area contributed by atoms with Crippen LogP contribution < -0.4 is 9.62 Å². The van der Waals surface area contributed by atoms with Gasteiger partial charge >= 0.3 is 0 Å². The maximum Gasteiger partial charge on any atom is 0.245 e. The molecule has 1 N–H and O–H groups in total. The summed E-state index contributed by atoms with van der Waals surface area (Å²) in [6.45, 7) is 4.00. The highest BCUT2D eigenvalue weighted by Crippen LogP contribution is 2.24. The van der Waals surface area contributed by atoms with Gasteiger partial charge in [0.2, 0.25) is 15.9 Å². The summed E-state index contributed by atoms with van der Waals surface area (Å²) in [7, 11) is -3.78. The van der Waals surface area contributed by atoms with Crippen molar-refractivity contribution in [3.05, 3.63) is 59.4 Å². The molecular formula is C19H21FN2O3S. The average Bonchev–Trinajstić information content (AvgIpc) is 2.97. The molecule has 1 aliphatic rings. The zero-order chi connectivity index (χ0) is 18.9. The summed E-state index contributed by atoms with van der Waals surface area (Å²) >= 11 is 0. The lowest BCUT2D eigenvalue weighted by Crippen LogP contribution is -2.41. The van der Waals surface area contributed by atoms with Gasteiger partial charge < -0.3 is 4.90 Å². The first-order valence-corrected chi connectivity index (χ1v) is 9.99. The summed E-state index contributed by atoms with van der Waals surface area (Å²) in [4.78, 5) is 14.2. The van der Waals surface area contributed by atoms with Gasteiger partial charge in [-0.3, -0.25) is 4.79 Å². The van der Waals surface area contributed by atoms with Gasteiger partial charge in [0.15, 0.2) is 0 Å². The molecule has 1 fully saturated rings. The zero-order valence-corrected chi connectivity index (χ0v) is 15.5. The lowest BCUT2D eigenvalue weighted by atomic mass is 10.2. The minimum atomic E-state index is -3.78. The van der Waals surface area contributed by atoms with E-state index in [1.807, 2.05) is 6.92 Å². The lowest BCUT2D eigenvalue weighted by Gasteiger charge is -2.18. The fraction of sp³-hybridized carbons (Fsp3) is 0.316. The largest absolute Gasteiger partial charge is 0.311 e. The molecule has 0 saturated carbocycles. The van der Waals surface area contributed by atoms with Gasteiger partial charge in [0.05, 0.1) is 4.90 Å². The van der Waals surface area contributed by atoms with E-state index in [4.69, 9.17) is 0 Å². The van der Waals surface area contributed by atoms with E-state index in [0.29, 0.717) is 24.2 Å². The number of amides is 1. The van der Waals surface area contributed by atoms with Gasteiger partial charge in [-0.2, -0.15) is 4.72 Å². The molecule has 7 heteroatoms. The van der Waals surface area contributed by atoms with Crippen LogP contribution in [0.5, 0.6) is 0 Å². The maximum atomic E-state index is 13.4. The molecule has 5 nitrogen and oxygen atoms in total. The zero-order valence-electron chi connectivity index (χ0n) is 14.7. The molecule has 0 radical (unpaired) electrons. The van der Waals surface area contributed by atoms with Gasteiger partial charge in [-0.05, 0) is 61.2 Å². The first-order valence-electron chi connectivity index (χ1n) is 8.50. The maximum absolute atomic E-state index is 13.4. The van der Waals surface area contributed by atoms with E-state index in [9.17, 15) is 17.6 Å². The predicted octanol–water partition coefficient (Wildman–Crippen LogP) is 2.78. The van der Waals surface area contributed by atoms with Crippen LogP contribution in [0.15, 0.2) is 47.4 Å². The van der Waals surface area contributed by atoms with Crippen molar-refractivity contribution in [1.82, 2.24) is 4.72 Å². The van der Waals surface area contributed by atoms with Crippen molar-refractivity contribution in [3.8, 4) is 0 Å². The van der Waals surface area contributed by atoms with E-state index in [1.165, 1.54) is 17.0 Å². The number of nitrogens with zero attached hydrogens (tertiary/aromatic N) is 1. The van der Waals surface area contributed by atoms with Gasteiger partial charge in [0.1, 0.15) is 11.9 Å². The number of benzene rings is 2. The highest BCUT2D eigenvalue weighted by atomic mass is 32.2. The van der Waals surface area contributed by atoms with Gasteiger partial charge in [-0.25, -0.2) is 12.8 Å². The quantitative estimate of drug-likeness (QED) is 0.873. The Balaban J connectivity index is 1.76. The van der Waals surface area contributed by atoms with Crippen molar-refractivity contribution in [2.24, 2.45) is 0 Å². The Bertz CT molecular complexity index is 926. The van der Waals surface area contributed by atoms with Crippen molar-refractivity contribution in [2.45, 2.75) is 37.6 Å². The third-order valence-electron chi connectivity index (χ3n) is 4.60. The van der Waals surface area contributed by atoms with Crippen molar-refractivity contribution in [1.29, 1.82) is 0 Å². The minimum absolute atomic E-state index is 0.138. The van der Waals surface area contributed by atoms with Crippen LogP contribution in [0, 0.1) is 12.7 Å². The normalized spacial score (nSPS) is 17.7. The van der Waals surface area contributed by atoms with E-state index < -0.39 is 16.1 Å². The Hall–Kier alpha value is -2.25. The van der Waals surface area contributed by atoms with Crippen molar-refractivity contribution in [3.63, 3.8) is 0 Å². The molecule has 0 aliphatic carbocycles. The van der Waals surface area contributed by atoms with Crippen LogP contribution in [0.4, 0.5) is 10.1 Å². The van der Waals surface area contributed by atoms with Crippen LogP contribution in [-0.4, -0.2) is 26.9 Å². The average molecular weight is 376 g/mol. The number of rotatable bonds is 5. The molecule has 2 aromatic rings. The third-order valence-corrected chi connectivity index (χ3v) is 6.09. The number of carbonyl (C=O) groups excluding carboxylic acids is 1. The van der Waals surface area contributed by atoms with E-state index in [-0.39, 0.29) is 16.6 Å². The van der Waals surface area contributed by atoms with E-state index in [0.717, 1.165) is 12.0 Å². The fourth-order valence-corrected chi connectivity index (χ4v) is 4.23. The van der Waals surface area contributed by atoms with E-state index in [1.54, 1.807) is 37.3 Å². The molecule has 1 saturated heterocycles. The molecule has 3 rings (SSSR count). The van der Waals surface area contributed by atoms with Gasteiger partial charge in [-0.1, -0.05) is 19.1 Å². The molecule has 0 spiro atoms. The van der Waals surface area contributed by atoms with Gasteiger partial charge in [0, 0.05) is 12.2 Å². The Morgan fingerprint density at radius 1 is 1.19 bits per heavy atom. The summed E-state index contributed by atoms with van der Waals surface area (Å²) in [5.74, 6) is -0.669. The molecule has 26 heavy (non-hydrogen) atoms. The van der Waals surface area contributed by atoms with E-state index >= 15 is 0 Å². The van der Waals surface area contributed by atoms with Crippen molar-refractivity contribution in [2.75, 3.05) is 11.4 Å². The predicted molar refractivity (Wildman–Crippen MR) is 98.0 cm³/mol. The molecule has 0 bridgehead atoms. The Labute approximate surface area is 152 Å². The smallest absolute Gasteiger partial charge is 0.245 e. The Morgan fingerprint density at radius 2 is 1.88 bits per heavy atom. The Morgan fingerprint density at radius 3 is 2.50 bits per heavy atom. The second-order valence-electron chi connectivity index (χ2n) is 6.38. The van der Waals surface area contributed by atoms with Gasteiger partial charge in [-0.15, -0.1) is 0 Å². The summed E-state index contributed by atoms with van der Waals surface area (Å²) in [6, 6.07) is 10.2. The number of nitrogens with one attached hydrogen (secondary N) is 1. The third kappa shape index (κ3) is 3.64. The number of sulfonamides is 1. The summed E-state index contributed by atoms with van der Waals surface area (Å²) in [6.07, 6.45) is 1.18. The molecule has 1 aliphatic heterocycles. The minimum Gasteiger partial charge on any atom is -0.311 e. The topological polar surface area (TPSA) is 66.5 Å².